The van der Waals surface area contributed by atoms with E-state index >= 15 is 0 Å². The van der Waals surface area contributed by atoms with Gasteiger partial charge in [-0.05, 0) is 37.0 Å². The number of nitrogens with one attached hydrogen (secondary N) is 2. The fraction of sp³-hybridized carbons (Fsp3) is 0.368. The van der Waals surface area contributed by atoms with Crippen molar-refractivity contribution in [2.45, 2.75) is 39.7 Å². The number of aromatic nitrogens is 3. The molecule has 0 bridgehead atoms. The standard InChI is InChI=1S/C19H22N4O/c1-4-13-9-20-18-16(13)19(22-10-21-18)23-14-7-8-24-17-12(3)6-5-11(2)15(14)17/h5-6,9-10,14H,4,7-8H2,1-3H3,(H2,20,21,22,23)/t14-/m0/s1. The molecule has 1 aromatic carbocycles. The zero-order valence-electron chi connectivity index (χ0n) is 14.3. The molecule has 5 nitrogen and oxygen atoms in total. The molecule has 124 valence electrons. The van der Waals surface area contributed by atoms with Crippen molar-refractivity contribution >= 4 is 16.9 Å². The molecule has 1 atom stereocenters. The van der Waals surface area contributed by atoms with E-state index in [9.17, 15) is 0 Å². The third kappa shape index (κ3) is 2.31. The van der Waals surface area contributed by atoms with Crippen LogP contribution in [-0.4, -0.2) is 21.6 Å². The van der Waals surface area contributed by atoms with Crippen molar-refractivity contribution in [3.63, 3.8) is 0 Å². The van der Waals surface area contributed by atoms with Gasteiger partial charge >= 0.3 is 0 Å². The maximum absolute atomic E-state index is 5.94. The van der Waals surface area contributed by atoms with Crippen LogP contribution in [0.15, 0.2) is 24.7 Å². The molecule has 0 saturated carbocycles. The summed E-state index contributed by atoms with van der Waals surface area (Å²) in [4.78, 5) is 12.1. The maximum atomic E-state index is 5.94. The van der Waals surface area contributed by atoms with Crippen molar-refractivity contribution in [1.82, 2.24) is 15.0 Å². The number of hydrogen-bond donors (Lipinski definition) is 2. The molecule has 4 rings (SSSR count). The summed E-state index contributed by atoms with van der Waals surface area (Å²) in [5.74, 6) is 1.92. The number of aryl methyl sites for hydroxylation is 3. The number of hydrogen-bond acceptors (Lipinski definition) is 4. The second-order valence-electron chi connectivity index (χ2n) is 6.39. The molecule has 3 aromatic rings. The van der Waals surface area contributed by atoms with Crippen LogP contribution >= 0.6 is 0 Å². The van der Waals surface area contributed by atoms with Gasteiger partial charge in [0.25, 0.3) is 0 Å². The summed E-state index contributed by atoms with van der Waals surface area (Å²) in [5, 5.41) is 4.75. The summed E-state index contributed by atoms with van der Waals surface area (Å²) in [6.45, 7) is 7.11. The van der Waals surface area contributed by atoms with Crippen LogP contribution in [0.4, 0.5) is 5.82 Å². The van der Waals surface area contributed by atoms with Crippen molar-refractivity contribution in [3.05, 3.63) is 46.9 Å². The molecule has 24 heavy (non-hydrogen) atoms. The van der Waals surface area contributed by atoms with Crippen molar-refractivity contribution < 1.29 is 4.74 Å². The van der Waals surface area contributed by atoms with Gasteiger partial charge in [-0.1, -0.05) is 19.1 Å². The SMILES string of the molecule is CCc1c[nH]c2ncnc(N[C@H]3CCOc4c(C)ccc(C)c43)c12. The molecule has 1 aliphatic rings. The van der Waals surface area contributed by atoms with Crippen LogP contribution in [0.3, 0.4) is 0 Å². The highest BCUT2D eigenvalue weighted by molar-refractivity contribution is 5.90. The Morgan fingerprint density at radius 3 is 2.92 bits per heavy atom. The number of benzene rings is 1. The molecule has 0 aliphatic carbocycles. The van der Waals surface area contributed by atoms with Gasteiger partial charge in [0.2, 0.25) is 0 Å². The van der Waals surface area contributed by atoms with Gasteiger partial charge in [0.15, 0.2) is 0 Å². The van der Waals surface area contributed by atoms with Crippen LogP contribution in [0, 0.1) is 13.8 Å². The van der Waals surface area contributed by atoms with Crippen LogP contribution < -0.4 is 10.1 Å². The molecule has 0 amide bonds. The summed E-state index contributed by atoms with van der Waals surface area (Å²) >= 11 is 0. The van der Waals surface area contributed by atoms with Crippen LogP contribution in [0.2, 0.25) is 0 Å². The lowest BCUT2D eigenvalue weighted by Crippen LogP contribution is -2.22. The van der Waals surface area contributed by atoms with E-state index in [2.05, 4.69) is 53.2 Å². The number of nitrogens with zero attached hydrogens (tertiary/aromatic N) is 2. The summed E-state index contributed by atoms with van der Waals surface area (Å²) in [6.07, 6.45) is 5.51. The number of rotatable bonds is 3. The third-order valence-electron chi connectivity index (χ3n) is 4.86. The average molecular weight is 322 g/mol. The van der Waals surface area contributed by atoms with E-state index in [4.69, 9.17) is 4.74 Å². The first-order valence-corrected chi connectivity index (χ1v) is 8.49. The van der Waals surface area contributed by atoms with E-state index in [-0.39, 0.29) is 6.04 Å². The molecule has 1 aliphatic heterocycles. The predicted octanol–water partition coefficient (Wildman–Crippen LogP) is 4.07. The Labute approximate surface area is 141 Å². The molecule has 2 N–H and O–H groups in total. The molecule has 2 aromatic heterocycles. The second kappa shape index (κ2) is 5.82. The summed E-state index contributed by atoms with van der Waals surface area (Å²) in [6, 6.07) is 4.49. The lowest BCUT2D eigenvalue weighted by Gasteiger charge is -2.30. The third-order valence-corrected chi connectivity index (χ3v) is 4.86. The van der Waals surface area contributed by atoms with Crippen LogP contribution in [-0.2, 0) is 6.42 Å². The summed E-state index contributed by atoms with van der Waals surface area (Å²) in [7, 11) is 0. The van der Waals surface area contributed by atoms with E-state index in [1.165, 1.54) is 22.3 Å². The molecule has 3 heterocycles. The minimum Gasteiger partial charge on any atom is -0.493 e. The number of aromatic amines is 1. The Balaban J connectivity index is 1.79. The normalized spacial score (nSPS) is 16.7. The Bertz CT molecular complexity index is 900. The monoisotopic (exact) mass is 322 g/mol. The maximum Gasteiger partial charge on any atom is 0.143 e. The van der Waals surface area contributed by atoms with Crippen molar-refractivity contribution in [3.8, 4) is 5.75 Å². The van der Waals surface area contributed by atoms with Crippen LogP contribution in [0.5, 0.6) is 5.75 Å². The molecular weight excluding hydrogens is 300 g/mol. The number of fused-ring (bicyclic) bond motifs is 2. The highest BCUT2D eigenvalue weighted by Crippen LogP contribution is 2.39. The van der Waals surface area contributed by atoms with Gasteiger partial charge in [-0.3, -0.25) is 0 Å². The highest BCUT2D eigenvalue weighted by Gasteiger charge is 2.26. The zero-order valence-corrected chi connectivity index (χ0v) is 14.3. The Kier molecular flexibility index (Phi) is 3.63. The van der Waals surface area contributed by atoms with Crippen molar-refractivity contribution in [2.75, 3.05) is 11.9 Å². The minimum absolute atomic E-state index is 0.200. The largest absolute Gasteiger partial charge is 0.493 e. The van der Waals surface area contributed by atoms with E-state index in [0.29, 0.717) is 0 Å². The van der Waals surface area contributed by atoms with Crippen molar-refractivity contribution in [1.29, 1.82) is 0 Å². The highest BCUT2D eigenvalue weighted by atomic mass is 16.5. The molecule has 0 radical (unpaired) electrons. The van der Waals surface area contributed by atoms with Gasteiger partial charge in [0, 0.05) is 18.2 Å². The lowest BCUT2D eigenvalue weighted by atomic mass is 9.93. The second-order valence-corrected chi connectivity index (χ2v) is 6.39. The first-order valence-electron chi connectivity index (χ1n) is 8.49. The van der Waals surface area contributed by atoms with Crippen molar-refractivity contribution in [2.24, 2.45) is 0 Å². The van der Waals surface area contributed by atoms with E-state index < -0.39 is 0 Å². The molecular formula is C19H22N4O. The molecule has 5 heteroatoms. The summed E-state index contributed by atoms with van der Waals surface area (Å²) < 4.78 is 5.94. The average Bonchev–Trinajstić information content (AvgIpc) is 3.02. The van der Waals surface area contributed by atoms with Gasteiger partial charge < -0.3 is 15.0 Å². The summed E-state index contributed by atoms with van der Waals surface area (Å²) in [5.41, 5.74) is 5.81. The number of ether oxygens (including phenoxy) is 1. The van der Waals surface area contributed by atoms with Gasteiger partial charge in [-0.15, -0.1) is 0 Å². The molecule has 0 spiro atoms. The quantitative estimate of drug-likeness (QED) is 0.763. The number of anilines is 1. The smallest absolute Gasteiger partial charge is 0.143 e. The lowest BCUT2D eigenvalue weighted by molar-refractivity contribution is 0.271. The zero-order chi connectivity index (χ0) is 16.7. The van der Waals surface area contributed by atoms with Crippen LogP contribution in [0.25, 0.3) is 11.0 Å². The van der Waals surface area contributed by atoms with Gasteiger partial charge in [-0.2, -0.15) is 0 Å². The topological polar surface area (TPSA) is 62.8 Å². The van der Waals surface area contributed by atoms with Crippen LogP contribution in [0.1, 0.15) is 41.6 Å². The Morgan fingerprint density at radius 2 is 2.08 bits per heavy atom. The van der Waals surface area contributed by atoms with E-state index in [0.717, 1.165) is 42.0 Å². The van der Waals surface area contributed by atoms with Gasteiger partial charge in [0.05, 0.1) is 18.0 Å². The van der Waals surface area contributed by atoms with E-state index in [1.807, 2.05) is 6.20 Å². The first-order chi connectivity index (χ1) is 11.7. The molecule has 0 unspecified atom stereocenters. The Hall–Kier alpha value is -2.56. The fourth-order valence-electron chi connectivity index (χ4n) is 3.58. The van der Waals surface area contributed by atoms with Gasteiger partial charge in [0.1, 0.15) is 23.5 Å². The van der Waals surface area contributed by atoms with Gasteiger partial charge in [-0.25, -0.2) is 9.97 Å². The molecule has 0 fully saturated rings. The first kappa shape index (κ1) is 15.0. The minimum atomic E-state index is 0.200. The Morgan fingerprint density at radius 1 is 1.25 bits per heavy atom. The molecule has 0 saturated heterocycles. The fourth-order valence-corrected chi connectivity index (χ4v) is 3.58. The predicted molar refractivity (Wildman–Crippen MR) is 95.7 cm³/mol. The van der Waals surface area contributed by atoms with E-state index in [1.54, 1.807) is 6.33 Å². The number of H-pyrrole nitrogens is 1.